The Morgan fingerprint density at radius 2 is 1.96 bits per heavy atom. The zero-order chi connectivity index (χ0) is 20.6. The molecule has 0 atom stereocenters. The number of methoxy groups -OCH3 is 1. The number of aryl methyl sites for hydroxylation is 2. The molecule has 0 radical (unpaired) electrons. The minimum Gasteiger partial charge on any atom is -0.497 e. The van der Waals surface area contributed by atoms with Crippen LogP contribution in [0.2, 0.25) is 10.0 Å². The Balaban J connectivity index is 2.18. The van der Waals surface area contributed by atoms with Crippen LogP contribution in [0.15, 0.2) is 30.3 Å². The molecule has 28 heavy (non-hydrogen) atoms. The number of hydrogen-bond acceptors (Lipinski definition) is 5. The number of hydrogen-bond donors (Lipinski definition) is 1. The number of benzene rings is 2. The van der Waals surface area contributed by atoms with Crippen molar-refractivity contribution < 1.29 is 14.1 Å². The lowest BCUT2D eigenvalue weighted by Gasteiger charge is -2.13. The fraction of sp³-hybridized carbons (Fsp3) is 0.167. The highest BCUT2D eigenvalue weighted by Crippen LogP contribution is 2.41. The Labute approximate surface area is 169 Å². The minimum atomic E-state index is -0.804. The molecule has 2 aromatic carbocycles. The summed E-state index contributed by atoms with van der Waals surface area (Å²) >= 11 is 12.5. The van der Waals surface area contributed by atoms with Gasteiger partial charge in [-0.05, 0) is 31.2 Å². The van der Waals surface area contributed by atoms with E-state index in [4.69, 9.17) is 27.9 Å². The number of rotatable bonds is 5. The monoisotopic (exact) mass is 424 g/mol. The van der Waals surface area contributed by atoms with Crippen LogP contribution in [0.4, 0.5) is 21.6 Å². The van der Waals surface area contributed by atoms with Crippen LogP contribution in [0, 0.1) is 22.9 Å². The number of nitrogens with zero attached hydrogens (tertiary/aromatic N) is 3. The van der Waals surface area contributed by atoms with Gasteiger partial charge in [0, 0.05) is 18.2 Å². The molecule has 0 amide bonds. The smallest absolute Gasteiger partial charge is 0.297 e. The molecule has 1 N–H and O–H groups in total. The van der Waals surface area contributed by atoms with Crippen LogP contribution in [0.5, 0.6) is 5.75 Å². The van der Waals surface area contributed by atoms with Gasteiger partial charge >= 0.3 is 0 Å². The van der Waals surface area contributed by atoms with Gasteiger partial charge in [0.2, 0.25) is 0 Å². The predicted molar refractivity (Wildman–Crippen MR) is 106 cm³/mol. The van der Waals surface area contributed by atoms with Crippen LogP contribution in [-0.2, 0) is 7.05 Å². The Bertz CT molecular complexity index is 1090. The first-order chi connectivity index (χ1) is 13.2. The first-order valence-corrected chi connectivity index (χ1v) is 8.76. The van der Waals surface area contributed by atoms with Crippen LogP contribution < -0.4 is 10.1 Å². The average molecular weight is 425 g/mol. The van der Waals surface area contributed by atoms with Gasteiger partial charge in [0.05, 0.1) is 33.8 Å². The quantitative estimate of drug-likeness (QED) is 0.431. The van der Waals surface area contributed by atoms with Gasteiger partial charge < -0.3 is 10.1 Å². The van der Waals surface area contributed by atoms with Gasteiger partial charge in [-0.1, -0.05) is 23.2 Å². The summed E-state index contributed by atoms with van der Waals surface area (Å²) in [6.07, 6.45) is 0. The van der Waals surface area contributed by atoms with Gasteiger partial charge in [0.1, 0.15) is 23.1 Å². The Kier molecular flexibility index (Phi) is 5.44. The van der Waals surface area contributed by atoms with Crippen LogP contribution in [0.1, 0.15) is 5.69 Å². The summed E-state index contributed by atoms with van der Waals surface area (Å²) < 4.78 is 20.3. The van der Waals surface area contributed by atoms with E-state index in [1.165, 1.54) is 11.8 Å². The van der Waals surface area contributed by atoms with Gasteiger partial charge in [-0.15, -0.1) is 0 Å². The van der Waals surface area contributed by atoms with E-state index in [9.17, 15) is 14.5 Å². The van der Waals surface area contributed by atoms with Gasteiger partial charge in [0.15, 0.2) is 0 Å². The van der Waals surface area contributed by atoms with E-state index < -0.39 is 16.4 Å². The molecule has 3 aromatic rings. The summed E-state index contributed by atoms with van der Waals surface area (Å²) in [5.74, 6) is 0.199. The van der Waals surface area contributed by atoms with Crippen LogP contribution in [0.3, 0.4) is 0 Å². The first-order valence-electron chi connectivity index (χ1n) is 8.01. The molecule has 0 fully saturated rings. The third-order valence-electron chi connectivity index (χ3n) is 4.14. The zero-order valence-corrected chi connectivity index (χ0v) is 16.6. The van der Waals surface area contributed by atoms with E-state index >= 15 is 0 Å². The predicted octanol–water partition coefficient (Wildman–Crippen LogP) is 5.50. The molecule has 7 nitrogen and oxygen atoms in total. The molecule has 0 aliphatic heterocycles. The highest BCUT2D eigenvalue weighted by Gasteiger charge is 2.24. The highest BCUT2D eigenvalue weighted by atomic mass is 35.5. The third kappa shape index (κ3) is 3.61. The third-order valence-corrected chi connectivity index (χ3v) is 4.75. The summed E-state index contributed by atoms with van der Waals surface area (Å²) in [5, 5.41) is 19.0. The molecule has 0 spiro atoms. The van der Waals surface area contributed by atoms with E-state index in [-0.39, 0.29) is 10.7 Å². The van der Waals surface area contributed by atoms with Gasteiger partial charge in [-0.25, -0.2) is 4.39 Å². The standard InChI is InChI=1S/C18H15Cl2FN4O3/c1-9-16(12-5-4-11(28-3)8-13(12)19)18(24(2)23-9)22-17-14(20)6-10(21)7-15(17)25(26)27/h4-8,22H,1-3H3. The van der Waals surface area contributed by atoms with Crippen molar-refractivity contribution in [1.29, 1.82) is 0 Å². The first kappa shape index (κ1) is 19.9. The molecule has 0 unspecified atom stereocenters. The number of nitro groups is 1. The lowest BCUT2D eigenvalue weighted by Crippen LogP contribution is -2.04. The number of nitro benzene ring substituents is 1. The number of aromatic nitrogens is 2. The Hall–Kier alpha value is -2.84. The number of halogens is 3. The van der Waals surface area contributed by atoms with Gasteiger partial charge in [-0.3, -0.25) is 14.8 Å². The van der Waals surface area contributed by atoms with Crippen molar-refractivity contribution in [3.63, 3.8) is 0 Å². The van der Waals surface area contributed by atoms with E-state index in [1.54, 1.807) is 32.2 Å². The normalized spacial score (nSPS) is 10.8. The Morgan fingerprint density at radius 1 is 1.25 bits per heavy atom. The fourth-order valence-electron chi connectivity index (χ4n) is 2.90. The van der Waals surface area contributed by atoms with E-state index in [0.717, 1.165) is 12.1 Å². The molecule has 0 saturated heterocycles. The molecule has 1 heterocycles. The van der Waals surface area contributed by atoms with E-state index in [1.807, 2.05) is 0 Å². The van der Waals surface area contributed by atoms with Crippen molar-refractivity contribution in [2.75, 3.05) is 12.4 Å². The maximum Gasteiger partial charge on any atom is 0.297 e. The average Bonchev–Trinajstić information content (AvgIpc) is 2.90. The van der Waals surface area contributed by atoms with Crippen LogP contribution in [-0.4, -0.2) is 21.8 Å². The lowest BCUT2D eigenvalue weighted by atomic mass is 10.1. The van der Waals surface area contributed by atoms with Crippen molar-refractivity contribution in [3.8, 4) is 16.9 Å². The van der Waals surface area contributed by atoms with E-state index in [0.29, 0.717) is 33.4 Å². The highest BCUT2D eigenvalue weighted by molar-refractivity contribution is 6.34. The number of nitrogens with one attached hydrogen (secondary N) is 1. The second-order valence-electron chi connectivity index (χ2n) is 5.94. The summed E-state index contributed by atoms with van der Waals surface area (Å²) in [4.78, 5) is 10.7. The largest absolute Gasteiger partial charge is 0.497 e. The van der Waals surface area contributed by atoms with Gasteiger partial charge in [-0.2, -0.15) is 5.10 Å². The molecule has 0 bridgehead atoms. The fourth-order valence-corrected chi connectivity index (χ4v) is 3.41. The van der Waals surface area contributed by atoms with E-state index in [2.05, 4.69) is 10.4 Å². The summed E-state index contributed by atoms with van der Waals surface area (Å²) in [6, 6.07) is 6.96. The molecule has 146 valence electrons. The molecule has 0 saturated carbocycles. The minimum absolute atomic E-state index is 0.0399. The Morgan fingerprint density at radius 3 is 2.57 bits per heavy atom. The second-order valence-corrected chi connectivity index (χ2v) is 6.76. The lowest BCUT2D eigenvalue weighted by molar-refractivity contribution is -0.384. The van der Waals surface area contributed by atoms with Crippen molar-refractivity contribution in [2.24, 2.45) is 7.05 Å². The summed E-state index contributed by atoms with van der Waals surface area (Å²) in [7, 11) is 3.20. The number of ether oxygens (including phenoxy) is 1. The number of anilines is 2. The molecule has 10 heteroatoms. The molecular weight excluding hydrogens is 410 g/mol. The molecule has 0 aliphatic carbocycles. The topological polar surface area (TPSA) is 82.2 Å². The van der Waals surface area contributed by atoms with Crippen molar-refractivity contribution in [2.45, 2.75) is 6.92 Å². The summed E-state index contributed by atoms with van der Waals surface area (Å²) in [5.41, 5.74) is 1.39. The maximum absolute atomic E-state index is 13.6. The molecule has 0 aliphatic rings. The molecule has 3 rings (SSSR count). The summed E-state index contributed by atoms with van der Waals surface area (Å²) in [6.45, 7) is 1.78. The van der Waals surface area contributed by atoms with Crippen molar-refractivity contribution in [1.82, 2.24) is 9.78 Å². The van der Waals surface area contributed by atoms with Crippen LogP contribution >= 0.6 is 23.2 Å². The van der Waals surface area contributed by atoms with Gasteiger partial charge in [0.25, 0.3) is 5.69 Å². The molecule has 1 aromatic heterocycles. The van der Waals surface area contributed by atoms with Crippen molar-refractivity contribution >= 4 is 40.4 Å². The zero-order valence-electron chi connectivity index (χ0n) is 15.1. The van der Waals surface area contributed by atoms with Crippen LogP contribution in [0.25, 0.3) is 11.1 Å². The SMILES string of the molecule is COc1ccc(-c2c(C)nn(C)c2Nc2c(Cl)cc(F)cc2[N+](=O)[O-])c(Cl)c1. The molecular formula is C18H15Cl2FN4O3. The maximum atomic E-state index is 13.6. The second kappa shape index (κ2) is 7.65. The van der Waals surface area contributed by atoms with Crippen molar-refractivity contribution in [3.05, 3.63) is 62.0 Å².